The van der Waals surface area contributed by atoms with Gasteiger partial charge in [-0.3, -0.25) is 9.59 Å². The Morgan fingerprint density at radius 3 is 2.37 bits per heavy atom. The van der Waals surface area contributed by atoms with Gasteiger partial charge in [-0.1, -0.05) is 26.5 Å². The number of aromatic nitrogens is 3. The molecule has 242 valence electrons. The number of fused-ring (bicyclic) bond motifs is 8. The van der Waals surface area contributed by atoms with E-state index in [1.807, 2.05) is 13.0 Å². The molecule has 1 aliphatic carbocycles. The number of esters is 2. The highest BCUT2D eigenvalue weighted by atomic mass is 16.5. The third-order valence-electron chi connectivity index (χ3n) is 10.3. The molecule has 8 bridgehead atoms. The lowest BCUT2D eigenvalue weighted by Crippen LogP contribution is -2.38. The van der Waals surface area contributed by atoms with Crippen molar-refractivity contribution in [2.24, 2.45) is 17.8 Å². The van der Waals surface area contributed by atoms with Crippen LogP contribution in [-0.4, -0.2) is 51.8 Å². The number of hydrogen-bond acceptors (Lipinski definition) is 6. The summed E-state index contributed by atoms with van der Waals surface area (Å²) in [6.45, 7) is 16.7. The number of ether oxygens (including phenoxy) is 2. The van der Waals surface area contributed by atoms with Gasteiger partial charge < -0.3 is 34.8 Å². The molecule has 0 amide bonds. The Hall–Kier alpha value is -4.66. The molecule has 0 aromatic carbocycles. The summed E-state index contributed by atoms with van der Waals surface area (Å²) in [4.78, 5) is 36.8. The van der Waals surface area contributed by atoms with Gasteiger partial charge in [-0.25, -0.2) is 0 Å². The molecule has 1 saturated heterocycles. The van der Waals surface area contributed by atoms with E-state index in [0.29, 0.717) is 18.2 Å². The van der Waals surface area contributed by atoms with Gasteiger partial charge in [-0.15, -0.1) is 0 Å². The van der Waals surface area contributed by atoms with Gasteiger partial charge in [0.05, 0.1) is 25.1 Å². The highest BCUT2D eigenvalue weighted by Gasteiger charge is 2.46. The predicted molar refractivity (Wildman–Crippen MR) is 180 cm³/mol. The molecule has 4 atom stereocenters. The zero-order valence-corrected chi connectivity index (χ0v) is 27.7. The summed E-state index contributed by atoms with van der Waals surface area (Å²) in [5.74, 6) is -1.86. The molecule has 0 radical (unpaired) electrons. The van der Waals surface area contributed by atoms with Crippen molar-refractivity contribution in [3.63, 3.8) is 0 Å². The Morgan fingerprint density at radius 1 is 0.978 bits per heavy atom. The van der Waals surface area contributed by atoms with Gasteiger partial charge >= 0.3 is 11.9 Å². The molecule has 5 heterocycles. The molecule has 6 rings (SSSR count). The number of carbonyl (C=O) groups is 2. The number of nitrogens with one attached hydrogen (secondary N) is 4. The van der Waals surface area contributed by atoms with E-state index in [1.54, 1.807) is 6.92 Å². The van der Waals surface area contributed by atoms with E-state index in [0.717, 1.165) is 67.5 Å². The minimum atomic E-state index is -0.974. The van der Waals surface area contributed by atoms with Gasteiger partial charge in [0.25, 0.3) is 0 Å². The van der Waals surface area contributed by atoms with Crippen LogP contribution in [0.15, 0.2) is 12.3 Å². The summed E-state index contributed by atoms with van der Waals surface area (Å²) in [7, 11) is 1.34. The van der Waals surface area contributed by atoms with E-state index >= 15 is 0 Å². The molecule has 3 aromatic rings. The van der Waals surface area contributed by atoms with Crippen LogP contribution in [0.25, 0.3) is 35.6 Å². The van der Waals surface area contributed by atoms with Crippen LogP contribution in [0, 0.1) is 38.5 Å². The smallest absolute Gasteiger partial charge is 0.320 e. The van der Waals surface area contributed by atoms with Crippen molar-refractivity contribution in [2.45, 2.75) is 66.8 Å². The second-order valence-corrected chi connectivity index (χ2v) is 12.6. The van der Waals surface area contributed by atoms with Gasteiger partial charge in [0.15, 0.2) is 0 Å². The lowest BCUT2D eigenvalue weighted by atomic mass is 9.80. The normalized spacial score (nSPS) is 23.9. The average molecular weight is 625 g/mol. The Bertz CT molecular complexity index is 2050. The molecule has 2 aliphatic heterocycles. The maximum atomic E-state index is 13.4. The first kappa shape index (κ1) is 31.3. The van der Waals surface area contributed by atoms with Gasteiger partial charge in [0.2, 0.25) is 0 Å². The maximum absolute atomic E-state index is 13.4. The van der Waals surface area contributed by atoms with Crippen molar-refractivity contribution in [3.8, 4) is 0 Å². The zero-order chi connectivity index (χ0) is 33.0. The fraction of sp³-hybridized carbons (Fsp3) is 0.405. The molecule has 0 saturated carbocycles. The Morgan fingerprint density at radius 2 is 1.70 bits per heavy atom. The molecular formula is C37H44N4O5. The number of aliphatic hydroxyl groups excluding tert-OH is 1. The molecule has 1 unspecified atom stereocenters. The van der Waals surface area contributed by atoms with Crippen LogP contribution in [-0.2, 0) is 25.5 Å². The third-order valence-corrected chi connectivity index (χ3v) is 10.3. The first-order chi connectivity index (χ1) is 22.0. The molecule has 9 heteroatoms. The van der Waals surface area contributed by atoms with Crippen molar-refractivity contribution in [1.82, 2.24) is 20.3 Å². The van der Waals surface area contributed by atoms with E-state index in [-0.39, 0.29) is 36.0 Å². The number of rotatable bonds is 7. The molecule has 3 aromatic heterocycles. The van der Waals surface area contributed by atoms with E-state index in [1.165, 1.54) is 18.2 Å². The zero-order valence-electron chi connectivity index (χ0n) is 27.7. The number of allylic oxidation sites excluding steroid dienone is 1. The van der Waals surface area contributed by atoms with E-state index in [2.05, 4.69) is 72.8 Å². The summed E-state index contributed by atoms with van der Waals surface area (Å²) in [5.41, 5.74) is 9.79. The third kappa shape index (κ3) is 4.84. The summed E-state index contributed by atoms with van der Waals surface area (Å²) >= 11 is 0. The standard InChI is InChI=1S/C37H44N4O5/c1-9-21-17(4)24-14-26-19(6)23(12-13-30(42)46-11-3)34(40-26)32-33(37(44)45-8)36(43)31-20(7)27(41-35(31)32)16-29-22(10-2)18(5)25(39-29)15-28(21)38-24/h9,14-16,19,23,33-34,38-41,43H,1,10-13H2,2-8H3/b25-15-,26-14-,29-16-/t19-,23-,33+,34?/m0/s1. The highest BCUT2D eigenvalue weighted by molar-refractivity contribution is 5.95. The lowest BCUT2D eigenvalue weighted by Gasteiger charge is -2.26. The molecule has 9 nitrogen and oxygen atoms in total. The summed E-state index contributed by atoms with van der Waals surface area (Å²) < 4.78 is 10.5. The summed E-state index contributed by atoms with van der Waals surface area (Å²) in [6.07, 6.45) is 9.86. The van der Waals surface area contributed by atoms with Gasteiger partial charge in [-0.2, -0.15) is 0 Å². The Balaban J connectivity index is 1.69. The van der Waals surface area contributed by atoms with Crippen LogP contribution in [0.5, 0.6) is 0 Å². The second-order valence-electron chi connectivity index (χ2n) is 12.6. The van der Waals surface area contributed by atoms with Gasteiger partial charge in [-0.05, 0) is 92.5 Å². The van der Waals surface area contributed by atoms with Crippen molar-refractivity contribution in [2.75, 3.05) is 13.7 Å². The van der Waals surface area contributed by atoms with Gasteiger partial charge in [0.1, 0.15) is 11.7 Å². The molecule has 1 fully saturated rings. The average Bonchev–Trinajstić information content (AvgIpc) is 3.77. The number of aliphatic hydroxyl groups is 1. The van der Waals surface area contributed by atoms with Crippen LogP contribution in [0.4, 0.5) is 0 Å². The molecule has 5 N–H and O–H groups in total. The van der Waals surface area contributed by atoms with Crippen molar-refractivity contribution < 1.29 is 24.2 Å². The van der Waals surface area contributed by atoms with Crippen LogP contribution >= 0.6 is 0 Å². The fourth-order valence-electron chi connectivity index (χ4n) is 7.80. The Kier molecular flexibility index (Phi) is 8.12. The van der Waals surface area contributed by atoms with Crippen LogP contribution < -0.4 is 26.6 Å². The molecule has 3 aliphatic rings. The number of methoxy groups -OCH3 is 1. The molecule has 46 heavy (non-hydrogen) atoms. The Labute approximate surface area is 268 Å². The lowest BCUT2D eigenvalue weighted by molar-refractivity contribution is -0.144. The monoisotopic (exact) mass is 624 g/mol. The quantitative estimate of drug-likeness (QED) is 0.257. The number of aromatic amines is 3. The highest BCUT2D eigenvalue weighted by Crippen LogP contribution is 2.42. The minimum absolute atomic E-state index is 0.00333. The predicted octanol–water partition coefficient (Wildman–Crippen LogP) is 3.00. The van der Waals surface area contributed by atoms with E-state index in [9.17, 15) is 14.7 Å². The van der Waals surface area contributed by atoms with E-state index < -0.39 is 11.9 Å². The molecule has 0 spiro atoms. The van der Waals surface area contributed by atoms with E-state index in [4.69, 9.17) is 9.47 Å². The topological polar surface area (TPSA) is 132 Å². The first-order valence-electron chi connectivity index (χ1n) is 16.2. The van der Waals surface area contributed by atoms with Crippen LogP contribution in [0.1, 0.15) is 78.5 Å². The number of carbonyl (C=O) groups excluding carboxylic acids is 2. The largest absolute Gasteiger partial charge is 0.510 e. The molecular weight excluding hydrogens is 580 g/mol. The second kappa shape index (κ2) is 11.9. The SMILES string of the molecule is C=Cc1c2[nH]c(c1C)/C=C1\NC(C3=c4[nH]c(c(C)c4=C(O)[C@@H]3C(=O)OC)/C=c3\[nH]/c(c(C)c3CC)=C\2)[C@@H](CCC(=O)OCC)[C@@H]1C. The van der Waals surface area contributed by atoms with Crippen LogP contribution in [0.3, 0.4) is 0 Å². The van der Waals surface area contributed by atoms with Crippen LogP contribution in [0.2, 0.25) is 0 Å². The van der Waals surface area contributed by atoms with Gasteiger partial charge in [0, 0.05) is 56.6 Å². The summed E-state index contributed by atoms with van der Waals surface area (Å²) in [6, 6.07) is -0.368. The maximum Gasteiger partial charge on any atom is 0.320 e. The minimum Gasteiger partial charge on any atom is -0.510 e. The van der Waals surface area contributed by atoms with Crippen molar-refractivity contribution in [3.05, 3.63) is 78.4 Å². The van der Waals surface area contributed by atoms with Crippen molar-refractivity contribution >= 4 is 47.6 Å². The number of H-pyrrole nitrogens is 3. The van der Waals surface area contributed by atoms with Crippen molar-refractivity contribution in [1.29, 1.82) is 0 Å². The number of hydrogen-bond donors (Lipinski definition) is 5. The fourth-order valence-corrected chi connectivity index (χ4v) is 7.80. The summed E-state index contributed by atoms with van der Waals surface area (Å²) in [5, 5.41) is 18.8. The first-order valence-corrected chi connectivity index (χ1v) is 16.2.